The molecule has 1 aromatic carbocycles. The maximum atomic E-state index is 14.1. The lowest BCUT2D eigenvalue weighted by atomic mass is 9.82. The number of rotatable bonds is 19. The van der Waals surface area contributed by atoms with Crippen LogP contribution in [0.3, 0.4) is 0 Å². The van der Waals surface area contributed by atoms with Crippen molar-refractivity contribution in [3.8, 4) is 0 Å². The first-order valence-electron chi connectivity index (χ1n) is 26.5. The summed E-state index contributed by atoms with van der Waals surface area (Å²) < 4.78 is 70.4. The minimum absolute atomic E-state index is 0.000187. The van der Waals surface area contributed by atoms with E-state index in [0.29, 0.717) is 82.8 Å². The molecule has 8 rings (SSSR count). The molecule has 0 radical (unpaired) electrons. The minimum atomic E-state index is -4.55. The van der Waals surface area contributed by atoms with E-state index in [4.69, 9.17) is 0 Å². The molecular formula is C52H74F3N11O6S. The highest BCUT2D eigenvalue weighted by Crippen LogP contribution is 2.38. The van der Waals surface area contributed by atoms with E-state index < -0.39 is 39.0 Å². The normalized spacial score (nSPS) is 26.8. The number of unbranched alkanes of at least 4 members (excludes halogenated alkanes) is 3. The number of nitrogens with zero attached hydrogens (tertiary/aromatic N) is 7. The van der Waals surface area contributed by atoms with Crippen LogP contribution >= 0.6 is 0 Å². The highest BCUT2D eigenvalue weighted by molar-refractivity contribution is 7.90. The molecule has 2 aromatic heterocycles. The Morgan fingerprint density at radius 2 is 1.63 bits per heavy atom. The van der Waals surface area contributed by atoms with Gasteiger partial charge >= 0.3 is 6.18 Å². The number of hydrogen-bond donors (Lipinski definition) is 4. The monoisotopic (exact) mass is 1040 g/mol. The number of carbonyl (C=O) groups is 4. The lowest BCUT2D eigenvalue weighted by Gasteiger charge is -2.45. The number of piperidine rings is 1. The Labute approximate surface area is 427 Å². The Kier molecular flexibility index (Phi) is 17.6. The van der Waals surface area contributed by atoms with Gasteiger partial charge in [-0.1, -0.05) is 18.9 Å². The number of nitrogens with one attached hydrogen (secondary N) is 4. The number of amides is 4. The van der Waals surface area contributed by atoms with Crippen molar-refractivity contribution in [1.82, 2.24) is 49.9 Å². The largest absolute Gasteiger partial charge is 0.416 e. The fourth-order valence-electron chi connectivity index (χ4n) is 12.1. The van der Waals surface area contributed by atoms with Crippen molar-refractivity contribution in [3.63, 3.8) is 0 Å². The van der Waals surface area contributed by atoms with Gasteiger partial charge in [0, 0.05) is 74.9 Å². The van der Waals surface area contributed by atoms with Gasteiger partial charge in [0.15, 0.2) is 0 Å². The standard InChI is InChI=1S/C52H74F3N11O6S/c1-33(2)63(3)38-16-18-45(66-27-21-43(51(66)70)61-48-40-28-36(52(53,54)55)13-17-42(40)58-32-59-48)44(29-38)62-49(68)34-11-14-37(15-12-34)65-25-19-39(20-26-65)73(71,72)60-24-8-6-5-7-23-57-50(69)41-30-46(67)64(4)47(41)35-10-9-22-56-31-35/h9-10,13,17,22,28,31-34,37-39,41,43-45,47,60H,5-8,11-12,14-16,18-21,23-27,29-30H2,1-4H3,(H,57,69)(H,62,68)(H,58,59,61)/t34?,37?,38-,41+,43+,44-,45+,47-/m1/s1. The van der Waals surface area contributed by atoms with E-state index in [1.54, 1.807) is 30.4 Å². The van der Waals surface area contributed by atoms with Crippen LogP contribution in [0.1, 0.15) is 127 Å². The van der Waals surface area contributed by atoms with Gasteiger partial charge in [0.25, 0.3) is 0 Å². The van der Waals surface area contributed by atoms with Crippen LogP contribution in [0.4, 0.5) is 19.0 Å². The molecular weight excluding hydrogens is 964 g/mol. The van der Waals surface area contributed by atoms with Crippen LogP contribution in [0.2, 0.25) is 0 Å². The molecule has 4 amide bonds. The van der Waals surface area contributed by atoms with E-state index in [2.05, 4.69) is 66.3 Å². The molecule has 5 aliphatic rings. The molecule has 6 atom stereocenters. The summed E-state index contributed by atoms with van der Waals surface area (Å²) in [6.07, 6.45) is 10.3. The molecule has 5 heterocycles. The van der Waals surface area contributed by atoms with Crippen LogP contribution in [-0.2, 0) is 35.4 Å². The van der Waals surface area contributed by atoms with E-state index in [1.807, 2.05) is 11.0 Å². The minimum Gasteiger partial charge on any atom is -0.358 e. The van der Waals surface area contributed by atoms with Gasteiger partial charge in [-0.2, -0.15) is 13.2 Å². The number of anilines is 1. The molecule has 73 heavy (non-hydrogen) atoms. The highest BCUT2D eigenvalue weighted by atomic mass is 32.2. The lowest BCUT2D eigenvalue weighted by molar-refractivity contribution is -0.137. The van der Waals surface area contributed by atoms with Crippen LogP contribution in [0.25, 0.3) is 10.9 Å². The van der Waals surface area contributed by atoms with Crippen LogP contribution in [0.5, 0.6) is 0 Å². The average Bonchev–Trinajstić information content (AvgIpc) is 3.90. The maximum Gasteiger partial charge on any atom is 0.416 e. The van der Waals surface area contributed by atoms with Crippen LogP contribution < -0.4 is 20.7 Å². The molecule has 0 spiro atoms. The molecule has 3 aliphatic heterocycles. The van der Waals surface area contributed by atoms with Crippen LogP contribution in [-0.4, -0.2) is 155 Å². The van der Waals surface area contributed by atoms with Gasteiger partial charge in [-0.25, -0.2) is 23.1 Å². The van der Waals surface area contributed by atoms with Crippen LogP contribution in [0.15, 0.2) is 49.1 Å². The average molecular weight is 1040 g/mol. The number of sulfonamides is 1. The lowest BCUT2D eigenvalue weighted by Crippen LogP contribution is -2.59. The van der Waals surface area contributed by atoms with Gasteiger partial charge in [-0.05, 0) is 141 Å². The number of likely N-dealkylation sites (tertiary alicyclic amines) is 3. The van der Waals surface area contributed by atoms with Crippen LogP contribution in [0, 0.1) is 11.8 Å². The van der Waals surface area contributed by atoms with Gasteiger partial charge in [0.05, 0.1) is 40.4 Å². The Hall–Kier alpha value is -4.99. The van der Waals surface area contributed by atoms with E-state index in [-0.39, 0.29) is 77.4 Å². The fraction of sp³-hybridized carbons (Fsp3) is 0.673. The summed E-state index contributed by atoms with van der Waals surface area (Å²) in [5, 5.41) is 9.30. The van der Waals surface area contributed by atoms with E-state index in [1.165, 1.54) is 12.4 Å². The van der Waals surface area contributed by atoms with E-state index in [0.717, 1.165) is 69.1 Å². The maximum absolute atomic E-state index is 14.1. The Morgan fingerprint density at radius 3 is 2.33 bits per heavy atom. The third-order valence-electron chi connectivity index (χ3n) is 16.6. The number of fused-ring (bicyclic) bond motifs is 1. The number of aromatic nitrogens is 3. The summed E-state index contributed by atoms with van der Waals surface area (Å²) in [5.41, 5.74) is 0.353. The molecule has 17 nitrogen and oxygen atoms in total. The molecule has 3 saturated heterocycles. The molecule has 400 valence electrons. The second-order valence-corrected chi connectivity index (χ2v) is 23.4. The molecule has 4 N–H and O–H groups in total. The summed E-state index contributed by atoms with van der Waals surface area (Å²) in [6, 6.07) is 6.22. The highest BCUT2D eigenvalue weighted by Gasteiger charge is 2.45. The first kappa shape index (κ1) is 54.3. The SMILES string of the molecule is CC(C)N(C)[C@@H]1CC[C@H](N2CC[C@H](Nc3ncnc4ccc(C(F)(F)F)cc34)C2=O)[C@H](NC(=O)C2CCC(N3CCC(S(=O)(=O)NCCCCCCNC(=O)[C@H]4CC(=O)N(C)[C@@H]4c4cccnc4)CC3)CC2)C1. The number of benzene rings is 1. The third kappa shape index (κ3) is 12.9. The van der Waals surface area contributed by atoms with Crippen molar-refractivity contribution in [1.29, 1.82) is 0 Å². The molecule has 0 unspecified atom stereocenters. The Balaban J connectivity index is 0.755. The quantitative estimate of drug-likeness (QED) is 0.108. The topological polar surface area (TPSA) is 202 Å². The van der Waals surface area contributed by atoms with E-state index >= 15 is 0 Å². The van der Waals surface area contributed by atoms with Gasteiger partial charge in [-0.15, -0.1) is 0 Å². The zero-order chi connectivity index (χ0) is 52.0. The predicted octanol–water partition coefficient (Wildman–Crippen LogP) is 5.64. The molecule has 2 saturated carbocycles. The van der Waals surface area contributed by atoms with Gasteiger partial charge in [0.2, 0.25) is 33.7 Å². The summed E-state index contributed by atoms with van der Waals surface area (Å²) in [4.78, 5) is 74.5. The smallest absolute Gasteiger partial charge is 0.358 e. The number of alkyl halides is 3. The number of pyridine rings is 1. The van der Waals surface area contributed by atoms with Crippen molar-refractivity contribution >= 4 is 50.4 Å². The van der Waals surface area contributed by atoms with Crippen molar-refractivity contribution in [2.45, 2.75) is 164 Å². The zero-order valence-corrected chi connectivity index (χ0v) is 43.5. The van der Waals surface area contributed by atoms with Gasteiger partial charge < -0.3 is 35.6 Å². The third-order valence-corrected chi connectivity index (χ3v) is 18.5. The fourth-order valence-corrected chi connectivity index (χ4v) is 13.6. The summed E-state index contributed by atoms with van der Waals surface area (Å²) in [6.45, 7) is 6.96. The first-order chi connectivity index (χ1) is 34.9. The Morgan fingerprint density at radius 1 is 0.890 bits per heavy atom. The number of carbonyl (C=O) groups excluding carboxylic acids is 4. The van der Waals surface area contributed by atoms with Crippen molar-refractivity contribution in [2.75, 3.05) is 52.1 Å². The van der Waals surface area contributed by atoms with E-state index in [9.17, 15) is 40.8 Å². The number of hydrogen-bond acceptors (Lipinski definition) is 12. The summed E-state index contributed by atoms with van der Waals surface area (Å²) in [7, 11) is 0.335. The van der Waals surface area contributed by atoms with Gasteiger partial charge in [-0.3, -0.25) is 24.2 Å². The molecule has 3 aromatic rings. The van der Waals surface area contributed by atoms with Crippen molar-refractivity contribution in [2.24, 2.45) is 11.8 Å². The first-order valence-corrected chi connectivity index (χ1v) is 28.0. The molecule has 21 heteroatoms. The van der Waals surface area contributed by atoms with Gasteiger partial charge in [0.1, 0.15) is 18.2 Å². The summed E-state index contributed by atoms with van der Waals surface area (Å²) in [5.74, 6) is -0.849. The number of halogens is 3. The molecule has 5 fully saturated rings. The van der Waals surface area contributed by atoms with Crippen molar-refractivity contribution < 1.29 is 40.8 Å². The second-order valence-electron chi connectivity index (χ2n) is 21.3. The second kappa shape index (κ2) is 23.7. The molecule has 0 bridgehead atoms. The van der Waals surface area contributed by atoms with Crippen molar-refractivity contribution in [3.05, 3.63) is 60.2 Å². The summed E-state index contributed by atoms with van der Waals surface area (Å²) >= 11 is 0. The zero-order valence-electron chi connectivity index (χ0n) is 42.7. The molecule has 2 aliphatic carbocycles. The Bertz CT molecular complexity index is 2510. The predicted molar refractivity (Wildman–Crippen MR) is 271 cm³/mol.